The maximum absolute atomic E-state index is 8.77. The molecule has 0 spiro atoms. The van der Waals surface area contributed by atoms with E-state index in [2.05, 4.69) is 9.88 Å². The molecule has 0 unspecified atom stereocenters. The van der Waals surface area contributed by atoms with Crippen molar-refractivity contribution in [3.8, 4) is 0 Å². The van der Waals surface area contributed by atoms with E-state index in [1.165, 1.54) is 0 Å². The SMILES string of the molecule is CN(CCCCCO)c1ccc2ncccc2c1N. The lowest BCUT2D eigenvalue weighted by Gasteiger charge is -2.21. The highest BCUT2D eigenvalue weighted by Crippen LogP contribution is 2.29. The highest BCUT2D eigenvalue weighted by Gasteiger charge is 2.08. The summed E-state index contributed by atoms with van der Waals surface area (Å²) in [7, 11) is 2.05. The van der Waals surface area contributed by atoms with Crippen LogP contribution in [0.3, 0.4) is 0 Å². The van der Waals surface area contributed by atoms with Crippen molar-refractivity contribution in [1.29, 1.82) is 0 Å². The largest absolute Gasteiger partial charge is 0.396 e. The van der Waals surface area contributed by atoms with Gasteiger partial charge in [0.1, 0.15) is 0 Å². The second kappa shape index (κ2) is 6.38. The van der Waals surface area contributed by atoms with Crippen LogP contribution in [0, 0.1) is 0 Å². The Balaban J connectivity index is 2.13. The summed E-state index contributed by atoms with van der Waals surface area (Å²) in [6.45, 7) is 1.21. The number of hydrogen-bond donors (Lipinski definition) is 2. The normalized spacial score (nSPS) is 10.8. The van der Waals surface area contributed by atoms with Crippen LogP contribution in [0.4, 0.5) is 11.4 Å². The number of fused-ring (bicyclic) bond motifs is 1. The summed E-state index contributed by atoms with van der Waals surface area (Å²) in [6.07, 6.45) is 4.74. The molecule has 4 heteroatoms. The van der Waals surface area contributed by atoms with Gasteiger partial charge in [-0.15, -0.1) is 0 Å². The van der Waals surface area contributed by atoms with Crippen molar-refractivity contribution in [3.63, 3.8) is 0 Å². The van der Waals surface area contributed by atoms with Crippen molar-refractivity contribution in [3.05, 3.63) is 30.5 Å². The lowest BCUT2D eigenvalue weighted by molar-refractivity contribution is 0.283. The van der Waals surface area contributed by atoms with Gasteiger partial charge < -0.3 is 15.7 Å². The molecule has 0 saturated heterocycles. The standard InChI is InChI=1S/C15H21N3O/c1-18(10-3-2-4-11-19)14-8-7-13-12(15(14)16)6-5-9-17-13/h5-9,19H,2-4,10-11,16H2,1H3. The number of nitrogens with zero attached hydrogens (tertiary/aromatic N) is 2. The lowest BCUT2D eigenvalue weighted by atomic mass is 10.1. The minimum absolute atomic E-state index is 0.271. The van der Waals surface area contributed by atoms with E-state index in [9.17, 15) is 0 Å². The molecule has 0 saturated carbocycles. The van der Waals surface area contributed by atoms with Gasteiger partial charge in [-0.1, -0.05) is 0 Å². The third-order valence-electron chi connectivity index (χ3n) is 3.37. The molecule has 19 heavy (non-hydrogen) atoms. The number of aromatic nitrogens is 1. The van der Waals surface area contributed by atoms with Crippen LogP contribution in [0.5, 0.6) is 0 Å². The second-order valence-electron chi connectivity index (χ2n) is 4.77. The number of aliphatic hydroxyl groups excluding tert-OH is 1. The molecule has 0 bridgehead atoms. The Labute approximate surface area is 113 Å². The van der Waals surface area contributed by atoms with Crippen LogP contribution >= 0.6 is 0 Å². The number of anilines is 2. The Morgan fingerprint density at radius 1 is 1.21 bits per heavy atom. The molecule has 0 radical (unpaired) electrons. The number of benzene rings is 1. The van der Waals surface area contributed by atoms with E-state index in [0.717, 1.165) is 48.1 Å². The van der Waals surface area contributed by atoms with Gasteiger partial charge in [0.05, 0.1) is 16.9 Å². The molecule has 1 aromatic carbocycles. The number of aliphatic hydroxyl groups is 1. The van der Waals surface area contributed by atoms with Crippen molar-refractivity contribution in [2.45, 2.75) is 19.3 Å². The molecular formula is C15H21N3O. The molecule has 1 heterocycles. The van der Waals surface area contributed by atoms with E-state index >= 15 is 0 Å². The second-order valence-corrected chi connectivity index (χ2v) is 4.77. The summed E-state index contributed by atoms with van der Waals surface area (Å²) >= 11 is 0. The number of hydrogen-bond acceptors (Lipinski definition) is 4. The highest BCUT2D eigenvalue weighted by molar-refractivity contribution is 5.97. The lowest BCUT2D eigenvalue weighted by Crippen LogP contribution is -2.19. The van der Waals surface area contributed by atoms with Gasteiger partial charge in [-0.25, -0.2) is 0 Å². The quantitative estimate of drug-likeness (QED) is 0.618. The molecule has 0 fully saturated rings. The first kappa shape index (κ1) is 13.6. The van der Waals surface area contributed by atoms with Crippen LogP contribution in [0.25, 0.3) is 10.9 Å². The third-order valence-corrected chi connectivity index (χ3v) is 3.37. The van der Waals surface area contributed by atoms with E-state index in [0.29, 0.717) is 0 Å². The molecule has 4 nitrogen and oxygen atoms in total. The van der Waals surface area contributed by atoms with Crippen LogP contribution in [0.2, 0.25) is 0 Å². The number of nitrogens with two attached hydrogens (primary N) is 1. The molecule has 1 aromatic heterocycles. The molecule has 0 aliphatic carbocycles. The third kappa shape index (κ3) is 3.15. The molecule has 2 aromatic rings. The highest BCUT2D eigenvalue weighted by atomic mass is 16.2. The maximum Gasteiger partial charge on any atom is 0.0724 e. The topological polar surface area (TPSA) is 62.4 Å². The first-order valence-corrected chi connectivity index (χ1v) is 6.69. The van der Waals surface area contributed by atoms with E-state index in [-0.39, 0.29) is 6.61 Å². The molecule has 102 valence electrons. The van der Waals surface area contributed by atoms with Gasteiger partial charge in [0.25, 0.3) is 0 Å². The van der Waals surface area contributed by atoms with Crippen molar-refractivity contribution < 1.29 is 5.11 Å². The zero-order valence-electron chi connectivity index (χ0n) is 11.3. The van der Waals surface area contributed by atoms with Crippen LogP contribution in [0.15, 0.2) is 30.5 Å². The van der Waals surface area contributed by atoms with Gasteiger partial charge in [0, 0.05) is 31.8 Å². The van der Waals surface area contributed by atoms with Crippen LogP contribution in [-0.4, -0.2) is 30.3 Å². The number of rotatable bonds is 6. The van der Waals surface area contributed by atoms with Crippen molar-refractivity contribution >= 4 is 22.3 Å². The average Bonchev–Trinajstić information content (AvgIpc) is 2.44. The maximum atomic E-state index is 8.77. The summed E-state index contributed by atoms with van der Waals surface area (Å²) < 4.78 is 0. The van der Waals surface area contributed by atoms with Gasteiger partial charge >= 0.3 is 0 Å². The Bertz CT molecular complexity index is 542. The Morgan fingerprint density at radius 3 is 2.84 bits per heavy atom. The minimum Gasteiger partial charge on any atom is -0.396 e. The fraction of sp³-hybridized carbons (Fsp3) is 0.400. The Morgan fingerprint density at radius 2 is 2.05 bits per heavy atom. The molecule has 0 atom stereocenters. The van der Waals surface area contributed by atoms with Gasteiger partial charge in [0.15, 0.2) is 0 Å². The summed E-state index contributed by atoms with van der Waals surface area (Å²) in [5, 5.41) is 9.77. The number of pyridine rings is 1. The van der Waals surface area contributed by atoms with E-state index in [4.69, 9.17) is 10.8 Å². The Hall–Kier alpha value is -1.81. The van der Waals surface area contributed by atoms with Crippen LogP contribution < -0.4 is 10.6 Å². The molecule has 0 aliphatic heterocycles. The average molecular weight is 259 g/mol. The summed E-state index contributed by atoms with van der Waals surface area (Å²) in [5.41, 5.74) is 8.99. The van der Waals surface area contributed by atoms with Gasteiger partial charge in [-0.3, -0.25) is 4.98 Å². The summed E-state index contributed by atoms with van der Waals surface area (Å²) in [4.78, 5) is 6.47. The fourth-order valence-electron chi connectivity index (χ4n) is 2.25. The van der Waals surface area contributed by atoms with E-state index in [1.54, 1.807) is 6.20 Å². The van der Waals surface area contributed by atoms with Crippen LogP contribution in [-0.2, 0) is 0 Å². The number of unbranched alkanes of at least 4 members (excludes halogenated alkanes) is 2. The van der Waals surface area contributed by atoms with Crippen molar-refractivity contribution in [2.24, 2.45) is 0 Å². The van der Waals surface area contributed by atoms with Crippen LogP contribution in [0.1, 0.15) is 19.3 Å². The van der Waals surface area contributed by atoms with Gasteiger partial charge in [0.2, 0.25) is 0 Å². The van der Waals surface area contributed by atoms with E-state index < -0.39 is 0 Å². The van der Waals surface area contributed by atoms with Gasteiger partial charge in [-0.2, -0.15) is 0 Å². The first-order chi connectivity index (χ1) is 9.24. The van der Waals surface area contributed by atoms with Crippen molar-refractivity contribution in [2.75, 3.05) is 30.8 Å². The number of nitrogen functional groups attached to an aromatic ring is 1. The van der Waals surface area contributed by atoms with E-state index in [1.807, 2.05) is 31.3 Å². The zero-order valence-corrected chi connectivity index (χ0v) is 11.3. The predicted molar refractivity (Wildman–Crippen MR) is 80.4 cm³/mol. The smallest absolute Gasteiger partial charge is 0.0724 e. The monoisotopic (exact) mass is 259 g/mol. The molecule has 3 N–H and O–H groups in total. The minimum atomic E-state index is 0.271. The summed E-state index contributed by atoms with van der Waals surface area (Å²) in [5.74, 6) is 0. The van der Waals surface area contributed by atoms with Gasteiger partial charge in [-0.05, 0) is 43.5 Å². The van der Waals surface area contributed by atoms with Crippen molar-refractivity contribution in [1.82, 2.24) is 4.98 Å². The molecule has 0 aliphatic rings. The molecule has 0 amide bonds. The fourth-order valence-corrected chi connectivity index (χ4v) is 2.25. The Kier molecular flexibility index (Phi) is 4.58. The predicted octanol–water partition coefficient (Wildman–Crippen LogP) is 2.42. The summed E-state index contributed by atoms with van der Waals surface area (Å²) in [6, 6.07) is 7.94. The zero-order chi connectivity index (χ0) is 13.7. The molecule has 2 rings (SSSR count). The molecular weight excluding hydrogens is 238 g/mol. The first-order valence-electron chi connectivity index (χ1n) is 6.69.